The van der Waals surface area contributed by atoms with E-state index >= 15 is 0 Å². The molecule has 7 nitrogen and oxygen atoms in total. The van der Waals surface area contributed by atoms with Gasteiger partial charge in [0, 0.05) is 5.56 Å². The fraction of sp³-hybridized carbons (Fsp3) is 0.105. The largest absolute Gasteiger partial charge is 0.481 e. The number of nitrogens with zero attached hydrogens (tertiary/aromatic N) is 3. The molecule has 1 unspecified atom stereocenters. The van der Waals surface area contributed by atoms with Gasteiger partial charge in [0.25, 0.3) is 0 Å². The van der Waals surface area contributed by atoms with E-state index in [0.29, 0.717) is 5.56 Å². The molecule has 134 valence electrons. The lowest BCUT2D eigenvalue weighted by atomic mass is 9.99. The number of carboxylic acids is 1. The summed E-state index contributed by atoms with van der Waals surface area (Å²) in [6.45, 7) is 0. The third-order valence-corrected chi connectivity index (χ3v) is 4.82. The molecule has 3 rings (SSSR count). The first kappa shape index (κ1) is 18.4. The predicted molar refractivity (Wildman–Crippen MR) is 103 cm³/mol. The van der Waals surface area contributed by atoms with Gasteiger partial charge in [0.2, 0.25) is 5.91 Å². The molecule has 2 N–H and O–H groups in total. The van der Waals surface area contributed by atoms with Crippen LogP contribution >= 0.6 is 11.8 Å². The highest BCUT2D eigenvalue weighted by Gasteiger charge is 2.32. The van der Waals surface area contributed by atoms with Crippen molar-refractivity contribution in [3.8, 4) is 17.2 Å². The first-order valence-corrected chi connectivity index (χ1v) is 8.84. The van der Waals surface area contributed by atoms with Gasteiger partial charge in [-0.05, 0) is 23.3 Å². The molecule has 27 heavy (non-hydrogen) atoms. The van der Waals surface area contributed by atoms with Crippen LogP contribution in [-0.4, -0.2) is 33.6 Å². The Kier molecular flexibility index (Phi) is 5.64. The Morgan fingerprint density at radius 3 is 2.89 bits per heavy atom. The van der Waals surface area contributed by atoms with Gasteiger partial charge in [0.1, 0.15) is 5.25 Å². The molecule has 1 fully saturated rings. The van der Waals surface area contributed by atoms with E-state index in [-0.39, 0.29) is 17.5 Å². The second-order valence-electron chi connectivity index (χ2n) is 5.62. The van der Waals surface area contributed by atoms with Crippen molar-refractivity contribution in [3.05, 3.63) is 59.7 Å². The highest BCUT2D eigenvalue weighted by Crippen LogP contribution is 2.24. The summed E-state index contributed by atoms with van der Waals surface area (Å²) >= 11 is 1.05. The molecule has 8 heteroatoms. The van der Waals surface area contributed by atoms with Crippen LogP contribution in [0, 0.1) is 11.3 Å². The van der Waals surface area contributed by atoms with Crippen molar-refractivity contribution < 1.29 is 14.7 Å². The molecule has 2 aromatic carbocycles. The maximum absolute atomic E-state index is 11.7. The lowest BCUT2D eigenvalue weighted by Gasteiger charge is -2.05. The summed E-state index contributed by atoms with van der Waals surface area (Å²) in [7, 11) is 0. The summed E-state index contributed by atoms with van der Waals surface area (Å²) in [6.07, 6.45) is 1.29. The first-order chi connectivity index (χ1) is 13.1. The van der Waals surface area contributed by atoms with Gasteiger partial charge < -0.3 is 10.4 Å². The second kappa shape index (κ2) is 8.29. The molecular formula is C19H14N4O3S. The number of carbonyl (C=O) groups excluding carboxylic acids is 1. The van der Waals surface area contributed by atoms with Crippen molar-refractivity contribution >= 4 is 35.0 Å². The topological polar surface area (TPSA) is 115 Å². The monoisotopic (exact) mass is 378 g/mol. The standard InChI is InChI=1S/C19H14N4O3S/c20-10-12-4-3-6-13(8-12)15-7-2-1-5-14(15)11-21-23-19-22-18(26)16(27-19)9-17(24)25/h1-8,11,16H,9H2,(H,24,25)(H,22,23,26). The number of nitriles is 1. The molecular weight excluding hydrogens is 364 g/mol. The van der Waals surface area contributed by atoms with Crippen LogP contribution in [0.25, 0.3) is 11.1 Å². The summed E-state index contributed by atoms with van der Waals surface area (Å²) in [5, 5.41) is 27.9. The summed E-state index contributed by atoms with van der Waals surface area (Å²) in [4.78, 5) is 22.4. The summed E-state index contributed by atoms with van der Waals surface area (Å²) in [5.41, 5.74) is 3.14. The Balaban J connectivity index is 1.80. The number of benzene rings is 2. The lowest BCUT2D eigenvalue weighted by Crippen LogP contribution is -2.26. The van der Waals surface area contributed by atoms with E-state index < -0.39 is 11.2 Å². The van der Waals surface area contributed by atoms with Crippen molar-refractivity contribution in [3.63, 3.8) is 0 Å². The molecule has 2 aromatic rings. The van der Waals surface area contributed by atoms with Crippen LogP contribution < -0.4 is 5.32 Å². The van der Waals surface area contributed by atoms with Crippen LogP contribution in [0.2, 0.25) is 0 Å². The fourth-order valence-electron chi connectivity index (χ4n) is 2.52. The van der Waals surface area contributed by atoms with Crippen LogP contribution in [0.4, 0.5) is 0 Å². The van der Waals surface area contributed by atoms with E-state index in [1.165, 1.54) is 0 Å². The second-order valence-corrected chi connectivity index (χ2v) is 6.81. The maximum atomic E-state index is 11.7. The van der Waals surface area contributed by atoms with E-state index in [9.17, 15) is 9.59 Å². The highest BCUT2D eigenvalue weighted by molar-refractivity contribution is 8.15. The number of hydrogen-bond donors (Lipinski definition) is 2. The number of amides is 1. The average molecular weight is 378 g/mol. The quantitative estimate of drug-likeness (QED) is 0.613. The molecule has 1 amide bonds. The fourth-order valence-corrected chi connectivity index (χ4v) is 3.43. The van der Waals surface area contributed by atoms with Crippen LogP contribution in [0.1, 0.15) is 17.5 Å². The van der Waals surface area contributed by atoms with E-state index in [1.54, 1.807) is 18.3 Å². The van der Waals surface area contributed by atoms with Gasteiger partial charge in [-0.15, -0.1) is 5.10 Å². The van der Waals surface area contributed by atoms with Crippen LogP contribution in [-0.2, 0) is 9.59 Å². The highest BCUT2D eigenvalue weighted by atomic mass is 32.2. The van der Waals surface area contributed by atoms with Crippen molar-refractivity contribution in [2.45, 2.75) is 11.7 Å². The number of carbonyl (C=O) groups is 2. The van der Waals surface area contributed by atoms with E-state index in [4.69, 9.17) is 10.4 Å². The normalized spacial score (nSPS) is 17.8. The third-order valence-electron chi connectivity index (χ3n) is 3.75. The van der Waals surface area contributed by atoms with E-state index in [1.807, 2.05) is 36.4 Å². The maximum Gasteiger partial charge on any atom is 0.305 e. The minimum absolute atomic E-state index is 0.267. The zero-order chi connectivity index (χ0) is 19.2. The van der Waals surface area contributed by atoms with Gasteiger partial charge in [-0.1, -0.05) is 48.2 Å². The van der Waals surface area contributed by atoms with E-state index in [2.05, 4.69) is 21.6 Å². The van der Waals surface area contributed by atoms with Gasteiger partial charge in [0.15, 0.2) is 5.17 Å². The average Bonchev–Trinajstić information content (AvgIpc) is 3.01. The minimum Gasteiger partial charge on any atom is -0.481 e. The van der Waals surface area contributed by atoms with Gasteiger partial charge >= 0.3 is 5.97 Å². The zero-order valence-electron chi connectivity index (χ0n) is 14.0. The minimum atomic E-state index is -1.04. The SMILES string of the molecule is N#Cc1cccc(-c2ccccc2C=NN=C2NC(=O)C(CC(=O)O)S2)c1. The Hall–Kier alpha value is -3.44. The summed E-state index contributed by atoms with van der Waals surface area (Å²) in [5.74, 6) is -1.43. The number of nitrogens with one attached hydrogen (secondary N) is 1. The Morgan fingerprint density at radius 1 is 1.30 bits per heavy atom. The molecule has 0 aromatic heterocycles. The Labute approximate surface area is 159 Å². The molecule has 1 atom stereocenters. The number of hydrogen-bond acceptors (Lipinski definition) is 6. The van der Waals surface area contributed by atoms with Gasteiger partial charge in [-0.2, -0.15) is 10.4 Å². The van der Waals surface area contributed by atoms with Crippen LogP contribution in [0.5, 0.6) is 0 Å². The molecule has 0 bridgehead atoms. The number of amidine groups is 1. The van der Waals surface area contributed by atoms with Crippen LogP contribution in [0.3, 0.4) is 0 Å². The number of rotatable bonds is 5. The molecule has 1 aliphatic rings. The first-order valence-electron chi connectivity index (χ1n) is 7.96. The van der Waals surface area contributed by atoms with Crippen molar-refractivity contribution in [2.24, 2.45) is 10.2 Å². The van der Waals surface area contributed by atoms with Crippen molar-refractivity contribution in [1.82, 2.24) is 5.32 Å². The Morgan fingerprint density at radius 2 is 2.11 bits per heavy atom. The number of carboxylic acid groups (broad SMARTS) is 1. The molecule has 1 heterocycles. The molecule has 1 saturated heterocycles. The zero-order valence-corrected chi connectivity index (χ0v) is 14.8. The number of aliphatic carboxylic acids is 1. The number of thioether (sulfide) groups is 1. The third kappa shape index (κ3) is 4.59. The van der Waals surface area contributed by atoms with Gasteiger partial charge in [-0.3, -0.25) is 9.59 Å². The smallest absolute Gasteiger partial charge is 0.305 e. The van der Waals surface area contributed by atoms with Gasteiger partial charge in [-0.25, -0.2) is 0 Å². The Bertz CT molecular complexity index is 994. The van der Waals surface area contributed by atoms with Gasteiger partial charge in [0.05, 0.1) is 24.3 Å². The summed E-state index contributed by atoms with van der Waals surface area (Å²) < 4.78 is 0. The van der Waals surface area contributed by atoms with Crippen LogP contribution in [0.15, 0.2) is 58.7 Å². The molecule has 1 aliphatic heterocycles. The van der Waals surface area contributed by atoms with E-state index in [0.717, 1.165) is 28.5 Å². The predicted octanol–water partition coefficient (Wildman–Crippen LogP) is 2.62. The summed E-state index contributed by atoms with van der Waals surface area (Å²) in [6, 6.07) is 16.9. The molecule has 0 radical (unpaired) electrons. The molecule has 0 saturated carbocycles. The lowest BCUT2D eigenvalue weighted by molar-refractivity contribution is -0.138. The van der Waals surface area contributed by atoms with Crippen molar-refractivity contribution in [2.75, 3.05) is 0 Å². The molecule has 0 spiro atoms. The molecule has 0 aliphatic carbocycles. The van der Waals surface area contributed by atoms with Crippen molar-refractivity contribution in [1.29, 1.82) is 5.26 Å².